The quantitative estimate of drug-likeness (QED) is 0.484. The van der Waals surface area contributed by atoms with E-state index in [4.69, 9.17) is 0 Å². The summed E-state index contributed by atoms with van der Waals surface area (Å²) in [6, 6.07) is 0. The van der Waals surface area contributed by atoms with E-state index >= 15 is 0 Å². The van der Waals surface area contributed by atoms with Crippen LogP contribution in [0.25, 0.3) is 0 Å². The van der Waals surface area contributed by atoms with Crippen molar-refractivity contribution in [3.8, 4) is 0 Å². The lowest BCUT2D eigenvalue weighted by molar-refractivity contribution is 0.759. The van der Waals surface area contributed by atoms with Crippen LogP contribution in [-0.2, 0) is 0 Å². The van der Waals surface area contributed by atoms with Gasteiger partial charge in [0.15, 0.2) is 0 Å². The number of thioether (sulfide) groups is 1. The average molecular weight is 129 g/mol. The van der Waals surface area contributed by atoms with Crippen LogP contribution in [0.5, 0.6) is 0 Å². The maximum atomic E-state index is 2.42. The summed E-state index contributed by atoms with van der Waals surface area (Å²) in [4.78, 5) is 0. The third-order valence-electron chi connectivity index (χ3n) is 1.41. The van der Waals surface area contributed by atoms with Crippen molar-refractivity contribution >= 4 is 11.8 Å². The average Bonchev–Trinajstić information content (AvgIpc) is 1.62. The summed E-state index contributed by atoms with van der Waals surface area (Å²) in [6.45, 7) is 0. The molecule has 0 nitrogen and oxygen atoms in total. The first-order valence-electron chi connectivity index (χ1n) is 3.39. The van der Waals surface area contributed by atoms with E-state index in [1.165, 1.54) is 37.2 Å². The summed E-state index contributed by atoms with van der Waals surface area (Å²) >= 11 is 2.10. The molecule has 0 aromatic heterocycles. The fraction of sp³-hybridized carbons (Fsp3) is 0.857. The van der Waals surface area contributed by atoms with Crippen molar-refractivity contribution in [2.24, 2.45) is 0 Å². The van der Waals surface area contributed by atoms with E-state index < -0.39 is 0 Å². The van der Waals surface area contributed by atoms with Crippen molar-refractivity contribution in [3.63, 3.8) is 0 Å². The van der Waals surface area contributed by atoms with Gasteiger partial charge in [0.2, 0.25) is 0 Å². The molecule has 1 heterocycles. The lowest BCUT2D eigenvalue weighted by Gasteiger charge is -2.05. The Kier molecular flexibility index (Phi) is 3.44. The highest BCUT2D eigenvalue weighted by molar-refractivity contribution is 7.99. The SMILES string of the molecule is [CH]1CCCCSCC1. The Balaban J connectivity index is 2.00. The van der Waals surface area contributed by atoms with Gasteiger partial charge in [0.05, 0.1) is 0 Å². The van der Waals surface area contributed by atoms with Crippen LogP contribution in [-0.4, -0.2) is 11.5 Å². The summed E-state index contributed by atoms with van der Waals surface area (Å²) in [7, 11) is 0. The van der Waals surface area contributed by atoms with Gasteiger partial charge in [0.25, 0.3) is 0 Å². The predicted molar refractivity (Wildman–Crippen MR) is 40.1 cm³/mol. The fourth-order valence-electron chi connectivity index (χ4n) is 0.906. The minimum atomic E-state index is 1.34. The van der Waals surface area contributed by atoms with E-state index in [0.717, 1.165) is 0 Å². The Morgan fingerprint density at radius 1 is 1.00 bits per heavy atom. The van der Waals surface area contributed by atoms with Crippen LogP contribution < -0.4 is 0 Å². The number of hydrogen-bond donors (Lipinski definition) is 0. The highest BCUT2D eigenvalue weighted by atomic mass is 32.2. The Labute approximate surface area is 56.0 Å². The molecular formula is C7H13S. The molecule has 0 amide bonds. The number of rotatable bonds is 0. The fourth-order valence-corrected chi connectivity index (χ4v) is 1.85. The second-order valence-corrected chi connectivity index (χ2v) is 3.41. The zero-order valence-electron chi connectivity index (χ0n) is 5.23. The molecule has 1 aliphatic rings. The van der Waals surface area contributed by atoms with Crippen LogP contribution in [0, 0.1) is 6.42 Å². The first-order chi connectivity index (χ1) is 4.00. The maximum Gasteiger partial charge on any atom is -0.00648 e. The van der Waals surface area contributed by atoms with Crippen LogP contribution in [0.4, 0.5) is 0 Å². The molecule has 0 spiro atoms. The molecular weight excluding hydrogens is 116 g/mol. The summed E-state index contributed by atoms with van der Waals surface area (Å²) in [5.41, 5.74) is 0. The molecule has 0 aromatic rings. The van der Waals surface area contributed by atoms with Crippen LogP contribution in [0.3, 0.4) is 0 Å². The van der Waals surface area contributed by atoms with E-state index in [1.807, 2.05) is 0 Å². The first kappa shape index (κ1) is 6.47. The molecule has 1 saturated heterocycles. The molecule has 1 radical (unpaired) electrons. The monoisotopic (exact) mass is 129 g/mol. The predicted octanol–water partition coefficient (Wildman–Crippen LogP) is 2.50. The smallest absolute Gasteiger partial charge is 0.00648 e. The molecule has 1 aliphatic heterocycles. The van der Waals surface area contributed by atoms with Crippen LogP contribution in [0.15, 0.2) is 0 Å². The standard InChI is InChI=1S/C7H13S/c1-2-4-6-8-7-5-3-1/h2H,1,3-7H2. The van der Waals surface area contributed by atoms with Gasteiger partial charge < -0.3 is 0 Å². The zero-order valence-corrected chi connectivity index (χ0v) is 6.04. The highest BCUT2D eigenvalue weighted by Gasteiger charge is 1.96. The second kappa shape index (κ2) is 4.25. The van der Waals surface area contributed by atoms with Crippen molar-refractivity contribution in [2.45, 2.75) is 25.7 Å². The van der Waals surface area contributed by atoms with Crippen molar-refractivity contribution in [2.75, 3.05) is 11.5 Å². The summed E-state index contributed by atoms with van der Waals surface area (Å²) < 4.78 is 0. The zero-order chi connectivity index (χ0) is 5.66. The van der Waals surface area contributed by atoms with E-state index in [9.17, 15) is 0 Å². The molecule has 0 saturated carbocycles. The van der Waals surface area contributed by atoms with Crippen LogP contribution >= 0.6 is 11.8 Å². The molecule has 1 heteroatoms. The van der Waals surface area contributed by atoms with Crippen molar-refractivity contribution < 1.29 is 0 Å². The molecule has 0 unspecified atom stereocenters. The van der Waals surface area contributed by atoms with Gasteiger partial charge in [-0.1, -0.05) is 12.8 Å². The third kappa shape index (κ3) is 2.61. The normalized spacial score (nSPS) is 24.0. The molecule has 1 rings (SSSR count). The Bertz CT molecular complexity index is 28.3. The minimum Gasteiger partial charge on any atom is -0.162 e. The van der Waals surface area contributed by atoms with E-state index in [1.54, 1.807) is 0 Å². The Morgan fingerprint density at radius 3 is 3.00 bits per heavy atom. The number of hydrogen-bond acceptors (Lipinski definition) is 1. The van der Waals surface area contributed by atoms with Crippen molar-refractivity contribution in [1.29, 1.82) is 0 Å². The Hall–Kier alpha value is 0.350. The summed E-state index contributed by atoms with van der Waals surface area (Å²) in [5, 5.41) is 0. The molecule has 0 bridgehead atoms. The summed E-state index contributed by atoms with van der Waals surface area (Å²) in [5.74, 6) is 2.76. The van der Waals surface area contributed by atoms with Gasteiger partial charge in [-0.25, -0.2) is 0 Å². The molecule has 1 fully saturated rings. The van der Waals surface area contributed by atoms with Gasteiger partial charge in [-0.3, -0.25) is 0 Å². The van der Waals surface area contributed by atoms with Gasteiger partial charge in [-0.2, -0.15) is 11.8 Å². The summed E-state index contributed by atoms with van der Waals surface area (Å²) in [6.07, 6.45) is 7.98. The van der Waals surface area contributed by atoms with E-state index in [-0.39, 0.29) is 0 Å². The van der Waals surface area contributed by atoms with Gasteiger partial charge >= 0.3 is 0 Å². The van der Waals surface area contributed by atoms with Crippen LogP contribution in [0.1, 0.15) is 25.7 Å². The molecule has 8 heavy (non-hydrogen) atoms. The molecule has 0 N–H and O–H groups in total. The molecule has 0 atom stereocenters. The highest BCUT2D eigenvalue weighted by Crippen LogP contribution is 2.14. The Morgan fingerprint density at radius 2 is 2.00 bits per heavy atom. The molecule has 0 aliphatic carbocycles. The van der Waals surface area contributed by atoms with Crippen LogP contribution in [0.2, 0.25) is 0 Å². The lowest BCUT2D eigenvalue weighted by Crippen LogP contribution is -1.90. The van der Waals surface area contributed by atoms with Crippen molar-refractivity contribution in [1.82, 2.24) is 0 Å². The topological polar surface area (TPSA) is 0 Å². The van der Waals surface area contributed by atoms with Gasteiger partial charge in [-0.15, -0.1) is 0 Å². The van der Waals surface area contributed by atoms with E-state index in [2.05, 4.69) is 18.2 Å². The first-order valence-corrected chi connectivity index (χ1v) is 4.55. The largest absolute Gasteiger partial charge is 0.162 e. The molecule has 47 valence electrons. The lowest BCUT2D eigenvalue weighted by atomic mass is 10.2. The van der Waals surface area contributed by atoms with Gasteiger partial charge in [-0.05, 0) is 30.8 Å². The molecule has 0 aromatic carbocycles. The van der Waals surface area contributed by atoms with Crippen molar-refractivity contribution in [3.05, 3.63) is 6.42 Å². The minimum absolute atomic E-state index is 1.34. The van der Waals surface area contributed by atoms with E-state index in [0.29, 0.717) is 0 Å². The van der Waals surface area contributed by atoms with Gasteiger partial charge in [0.1, 0.15) is 0 Å². The second-order valence-electron chi connectivity index (χ2n) is 2.19. The maximum absolute atomic E-state index is 2.42. The third-order valence-corrected chi connectivity index (χ3v) is 2.51. The van der Waals surface area contributed by atoms with Gasteiger partial charge in [0, 0.05) is 0 Å².